The lowest BCUT2D eigenvalue weighted by atomic mass is 10.0. The third-order valence-corrected chi connectivity index (χ3v) is 4.37. The molecule has 5 nitrogen and oxygen atoms in total. The Hall–Kier alpha value is -0.880. The van der Waals surface area contributed by atoms with Crippen LogP contribution in [0.3, 0.4) is 0 Å². The molecule has 0 aliphatic rings. The molecule has 0 fully saturated rings. The summed E-state index contributed by atoms with van der Waals surface area (Å²) in [6, 6.07) is 0. The van der Waals surface area contributed by atoms with Gasteiger partial charge >= 0.3 is 0 Å². The topological polar surface area (TPSA) is 64.0 Å². The molecule has 0 amide bonds. The molecule has 0 atom stereocenters. The third kappa shape index (κ3) is 3.54. The molecule has 1 rings (SSSR count). The van der Waals surface area contributed by atoms with Crippen LogP contribution in [0.25, 0.3) is 0 Å². The zero-order valence-electron chi connectivity index (χ0n) is 10.9. The van der Waals surface area contributed by atoms with Gasteiger partial charge in [-0.3, -0.25) is 0 Å². The first-order valence-corrected chi connectivity index (χ1v) is 7.38. The van der Waals surface area contributed by atoms with Crippen molar-refractivity contribution in [1.29, 1.82) is 0 Å². The van der Waals surface area contributed by atoms with Crippen LogP contribution in [0.15, 0.2) is 11.2 Å². The molecule has 0 saturated carbocycles. The van der Waals surface area contributed by atoms with Crippen LogP contribution in [0.5, 0.6) is 0 Å². The van der Waals surface area contributed by atoms with Gasteiger partial charge in [-0.25, -0.2) is 18.1 Å². The van der Waals surface area contributed by atoms with Crippen LogP contribution in [0.4, 0.5) is 0 Å². The van der Waals surface area contributed by atoms with Crippen LogP contribution < -0.4 is 4.72 Å². The molecular weight excluding hydrogens is 238 g/mol. The molecule has 0 aliphatic heterocycles. The van der Waals surface area contributed by atoms with E-state index in [4.69, 9.17) is 0 Å². The molecule has 1 heterocycles. The molecule has 0 aliphatic carbocycles. The molecule has 0 aromatic carbocycles. The summed E-state index contributed by atoms with van der Waals surface area (Å²) < 4.78 is 28.2. The Morgan fingerprint density at radius 1 is 1.41 bits per heavy atom. The van der Waals surface area contributed by atoms with Gasteiger partial charge in [0.2, 0.25) is 0 Å². The first-order chi connectivity index (χ1) is 7.90. The van der Waals surface area contributed by atoms with Gasteiger partial charge in [-0.1, -0.05) is 26.7 Å². The van der Waals surface area contributed by atoms with Crippen molar-refractivity contribution in [2.75, 3.05) is 6.54 Å². The molecule has 1 N–H and O–H groups in total. The van der Waals surface area contributed by atoms with Crippen molar-refractivity contribution in [3.63, 3.8) is 0 Å². The maximum absolute atomic E-state index is 11.9. The van der Waals surface area contributed by atoms with Crippen molar-refractivity contribution in [3.8, 4) is 0 Å². The van der Waals surface area contributed by atoms with Crippen LogP contribution in [0.2, 0.25) is 0 Å². The van der Waals surface area contributed by atoms with Gasteiger partial charge in [-0.05, 0) is 12.8 Å². The van der Waals surface area contributed by atoms with Crippen molar-refractivity contribution in [3.05, 3.63) is 12.0 Å². The normalized spacial score (nSPS) is 12.3. The highest BCUT2D eigenvalue weighted by Crippen LogP contribution is 2.10. The summed E-state index contributed by atoms with van der Waals surface area (Å²) >= 11 is 0. The highest BCUT2D eigenvalue weighted by Gasteiger charge is 2.19. The quantitative estimate of drug-likeness (QED) is 0.841. The number of hydrogen-bond acceptors (Lipinski definition) is 3. The number of sulfonamides is 1. The summed E-state index contributed by atoms with van der Waals surface area (Å²) in [4.78, 5) is 4.02. The lowest BCUT2D eigenvalue weighted by Gasteiger charge is -2.12. The van der Waals surface area contributed by atoms with E-state index in [9.17, 15) is 8.42 Å². The maximum Gasteiger partial charge on any atom is 0.259 e. The molecular formula is C11H21N3O2S. The smallest absolute Gasteiger partial charge is 0.259 e. The Morgan fingerprint density at radius 2 is 2.00 bits per heavy atom. The zero-order chi connectivity index (χ0) is 13.1. The van der Waals surface area contributed by atoms with E-state index in [0.717, 1.165) is 12.8 Å². The fourth-order valence-electron chi connectivity index (χ4n) is 1.53. The van der Waals surface area contributed by atoms with E-state index in [2.05, 4.69) is 23.6 Å². The minimum absolute atomic E-state index is 0.100. The Bertz CT molecular complexity index is 442. The van der Waals surface area contributed by atoms with Gasteiger partial charge in [-0.2, -0.15) is 0 Å². The second-order valence-electron chi connectivity index (χ2n) is 4.27. The summed E-state index contributed by atoms with van der Waals surface area (Å²) in [5, 5.41) is 0.100. The van der Waals surface area contributed by atoms with Crippen molar-refractivity contribution < 1.29 is 8.42 Å². The largest absolute Gasteiger partial charge is 0.337 e. The average molecular weight is 259 g/mol. The minimum Gasteiger partial charge on any atom is -0.337 e. The van der Waals surface area contributed by atoms with Crippen LogP contribution in [-0.4, -0.2) is 24.5 Å². The lowest BCUT2D eigenvalue weighted by Crippen LogP contribution is -2.29. The summed E-state index contributed by atoms with van der Waals surface area (Å²) in [5.41, 5.74) is 0. The second-order valence-corrected chi connectivity index (χ2v) is 5.99. The molecule has 0 radical (unpaired) electrons. The van der Waals surface area contributed by atoms with Crippen molar-refractivity contribution >= 4 is 10.0 Å². The summed E-state index contributed by atoms with van der Waals surface area (Å²) in [6.45, 7) is 6.38. The van der Waals surface area contributed by atoms with Crippen LogP contribution >= 0.6 is 0 Å². The highest BCUT2D eigenvalue weighted by atomic mass is 32.2. The predicted octanol–water partition coefficient (Wildman–Crippen LogP) is 1.44. The Kier molecular flexibility index (Phi) is 4.70. The number of nitrogens with one attached hydrogen (secondary N) is 1. The van der Waals surface area contributed by atoms with E-state index in [0.29, 0.717) is 18.3 Å². The fourth-order valence-corrected chi connectivity index (χ4v) is 2.69. The standard InChI is InChI=1S/C11H21N3O2S/c1-5-10(6-2)7-12-17(15,16)11-8-14(4)9(3)13-11/h8,10,12H,5-7H2,1-4H3. The average Bonchev–Trinajstić information content (AvgIpc) is 2.61. The Morgan fingerprint density at radius 3 is 2.41 bits per heavy atom. The molecule has 0 bridgehead atoms. The van der Waals surface area contributed by atoms with Crippen molar-refractivity contribution in [2.45, 2.75) is 38.6 Å². The van der Waals surface area contributed by atoms with Crippen molar-refractivity contribution in [1.82, 2.24) is 14.3 Å². The number of imidazole rings is 1. The first kappa shape index (κ1) is 14.2. The number of aromatic nitrogens is 2. The summed E-state index contributed by atoms with van der Waals surface area (Å²) in [7, 11) is -1.68. The number of nitrogens with zero attached hydrogens (tertiary/aromatic N) is 2. The Labute approximate surface area is 103 Å². The van der Waals surface area contributed by atoms with Crippen LogP contribution in [0.1, 0.15) is 32.5 Å². The lowest BCUT2D eigenvalue weighted by molar-refractivity contribution is 0.478. The van der Waals surface area contributed by atoms with Crippen LogP contribution in [-0.2, 0) is 17.1 Å². The zero-order valence-corrected chi connectivity index (χ0v) is 11.7. The van der Waals surface area contributed by atoms with Crippen LogP contribution in [0, 0.1) is 12.8 Å². The summed E-state index contributed by atoms with van der Waals surface area (Å²) in [6.07, 6.45) is 3.48. The number of hydrogen-bond donors (Lipinski definition) is 1. The predicted molar refractivity (Wildman–Crippen MR) is 67.2 cm³/mol. The van der Waals surface area contributed by atoms with E-state index >= 15 is 0 Å². The first-order valence-electron chi connectivity index (χ1n) is 5.90. The molecule has 1 aromatic heterocycles. The molecule has 0 spiro atoms. The van der Waals surface area contributed by atoms with Gasteiger partial charge in [0.1, 0.15) is 5.82 Å². The SMILES string of the molecule is CCC(CC)CNS(=O)(=O)c1cn(C)c(C)n1. The van der Waals surface area contributed by atoms with E-state index in [1.54, 1.807) is 18.5 Å². The molecule has 0 saturated heterocycles. The third-order valence-electron chi connectivity index (χ3n) is 3.08. The molecule has 6 heteroatoms. The second kappa shape index (κ2) is 5.64. The molecule has 98 valence electrons. The molecule has 1 aromatic rings. The van der Waals surface area contributed by atoms with E-state index in [1.807, 2.05) is 0 Å². The molecule has 17 heavy (non-hydrogen) atoms. The van der Waals surface area contributed by atoms with E-state index in [1.165, 1.54) is 6.20 Å². The Balaban J connectivity index is 2.75. The molecule has 0 unspecified atom stereocenters. The van der Waals surface area contributed by atoms with Gasteiger partial charge in [0.15, 0.2) is 5.03 Å². The minimum atomic E-state index is -3.46. The number of rotatable bonds is 6. The van der Waals surface area contributed by atoms with E-state index in [-0.39, 0.29) is 5.03 Å². The number of aryl methyl sites for hydroxylation is 2. The highest BCUT2D eigenvalue weighted by molar-refractivity contribution is 7.89. The fraction of sp³-hybridized carbons (Fsp3) is 0.727. The van der Waals surface area contributed by atoms with Gasteiger partial charge < -0.3 is 4.57 Å². The maximum atomic E-state index is 11.9. The van der Waals surface area contributed by atoms with Gasteiger partial charge in [0.25, 0.3) is 10.0 Å². The van der Waals surface area contributed by atoms with Crippen molar-refractivity contribution in [2.24, 2.45) is 13.0 Å². The van der Waals surface area contributed by atoms with Gasteiger partial charge in [-0.15, -0.1) is 0 Å². The summed E-state index contributed by atoms with van der Waals surface area (Å²) in [5.74, 6) is 1.07. The van der Waals surface area contributed by atoms with Gasteiger partial charge in [0.05, 0.1) is 0 Å². The van der Waals surface area contributed by atoms with Gasteiger partial charge in [0, 0.05) is 19.8 Å². The van der Waals surface area contributed by atoms with E-state index < -0.39 is 10.0 Å². The monoisotopic (exact) mass is 259 g/mol.